The van der Waals surface area contributed by atoms with Crippen LogP contribution < -0.4 is 20.1 Å². The number of fused-ring (bicyclic) bond motifs is 2. The van der Waals surface area contributed by atoms with E-state index in [0.29, 0.717) is 39.1 Å². The molecule has 0 fully saturated rings. The molecule has 4 aromatic rings. The first-order chi connectivity index (χ1) is 15.5. The molecule has 1 aliphatic rings. The smallest absolute Gasteiger partial charge is 0.267 e. The summed E-state index contributed by atoms with van der Waals surface area (Å²) in [6.45, 7) is 0. The lowest BCUT2D eigenvalue weighted by Gasteiger charge is -2.14. The summed E-state index contributed by atoms with van der Waals surface area (Å²) in [6.07, 6.45) is 1.57. The molecule has 1 aliphatic heterocycles. The molecule has 0 radical (unpaired) electrons. The van der Waals surface area contributed by atoms with Crippen molar-refractivity contribution in [3.05, 3.63) is 71.9 Å². The van der Waals surface area contributed by atoms with E-state index in [1.165, 1.54) is 0 Å². The highest BCUT2D eigenvalue weighted by Gasteiger charge is 2.37. The van der Waals surface area contributed by atoms with E-state index >= 15 is 0 Å². The standard InChI is InChI=1S/C24H18N4O4/c1-31-15-7-13(8-16(10-15)32-2)19-9-14-12-26-21(11-20(14)27-22(19)25)28-23(29)17-5-3-4-6-18(17)24(28)30/h3-12H,1-2H3,(H2,25,27). The number of nitrogens with two attached hydrogens (primary N) is 1. The summed E-state index contributed by atoms with van der Waals surface area (Å²) in [7, 11) is 3.15. The third-order valence-corrected chi connectivity index (χ3v) is 5.40. The van der Waals surface area contributed by atoms with E-state index in [4.69, 9.17) is 15.2 Å². The number of methoxy groups -OCH3 is 2. The summed E-state index contributed by atoms with van der Waals surface area (Å²) < 4.78 is 10.7. The van der Waals surface area contributed by atoms with Gasteiger partial charge in [0.15, 0.2) is 0 Å². The number of hydrogen-bond donors (Lipinski definition) is 1. The van der Waals surface area contributed by atoms with Crippen molar-refractivity contribution >= 4 is 34.4 Å². The maximum absolute atomic E-state index is 12.8. The highest BCUT2D eigenvalue weighted by Crippen LogP contribution is 2.35. The van der Waals surface area contributed by atoms with Gasteiger partial charge in [-0.2, -0.15) is 0 Å². The van der Waals surface area contributed by atoms with Gasteiger partial charge in [0.05, 0.1) is 30.9 Å². The fraction of sp³-hybridized carbons (Fsp3) is 0.0833. The van der Waals surface area contributed by atoms with Crippen molar-refractivity contribution in [2.45, 2.75) is 0 Å². The number of carbonyl (C=O) groups is 2. The largest absolute Gasteiger partial charge is 0.497 e. The first-order valence-corrected chi connectivity index (χ1v) is 9.77. The molecule has 0 atom stereocenters. The molecule has 0 aliphatic carbocycles. The Balaban J connectivity index is 1.58. The van der Waals surface area contributed by atoms with Crippen LogP contribution in [-0.4, -0.2) is 36.0 Å². The Hall–Kier alpha value is -4.46. The van der Waals surface area contributed by atoms with Gasteiger partial charge in [-0.05, 0) is 35.9 Å². The van der Waals surface area contributed by atoms with Crippen molar-refractivity contribution in [3.63, 3.8) is 0 Å². The van der Waals surface area contributed by atoms with E-state index in [0.717, 1.165) is 10.5 Å². The molecule has 0 saturated heterocycles. The number of pyridine rings is 2. The molecule has 2 amide bonds. The average molecular weight is 426 g/mol. The van der Waals surface area contributed by atoms with Crippen molar-refractivity contribution < 1.29 is 19.1 Å². The molecule has 3 heterocycles. The molecule has 0 bridgehead atoms. The number of nitrogen functional groups attached to an aromatic ring is 1. The summed E-state index contributed by atoms with van der Waals surface area (Å²) in [5.41, 5.74) is 8.96. The van der Waals surface area contributed by atoms with Gasteiger partial charge in [-0.1, -0.05) is 12.1 Å². The number of carbonyl (C=O) groups excluding carboxylic acids is 2. The van der Waals surface area contributed by atoms with Gasteiger partial charge >= 0.3 is 0 Å². The predicted octanol–water partition coefficient (Wildman–Crippen LogP) is 3.70. The molecule has 0 spiro atoms. The second-order valence-corrected chi connectivity index (χ2v) is 7.25. The van der Waals surface area contributed by atoms with Crippen molar-refractivity contribution in [1.82, 2.24) is 9.97 Å². The normalized spacial score (nSPS) is 12.9. The molecule has 0 saturated carbocycles. The number of imide groups is 1. The van der Waals surface area contributed by atoms with Crippen LogP contribution in [0.3, 0.4) is 0 Å². The van der Waals surface area contributed by atoms with Crippen LogP contribution in [0.25, 0.3) is 22.0 Å². The Labute approximate surface area is 183 Å². The van der Waals surface area contributed by atoms with Gasteiger partial charge < -0.3 is 15.2 Å². The molecule has 2 aromatic heterocycles. The molecular formula is C24H18N4O4. The Morgan fingerprint density at radius 3 is 2.06 bits per heavy atom. The maximum atomic E-state index is 12.8. The summed E-state index contributed by atoms with van der Waals surface area (Å²) in [5, 5.41) is 0.705. The third-order valence-electron chi connectivity index (χ3n) is 5.40. The molecule has 8 nitrogen and oxygen atoms in total. The highest BCUT2D eigenvalue weighted by atomic mass is 16.5. The van der Waals surface area contributed by atoms with E-state index in [1.54, 1.807) is 56.8 Å². The van der Waals surface area contributed by atoms with Gasteiger partial charge in [-0.15, -0.1) is 0 Å². The predicted molar refractivity (Wildman–Crippen MR) is 120 cm³/mol. The SMILES string of the molecule is COc1cc(OC)cc(-c2cc3cnc(N4C(=O)c5ccccc5C4=O)cc3nc2N)c1. The number of anilines is 2. The first-order valence-electron chi connectivity index (χ1n) is 9.77. The fourth-order valence-electron chi connectivity index (χ4n) is 3.79. The fourth-order valence-corrected chi connectivity index (χ4v) is 3.79. The second kappa shape index (κ2) is 7.35. The minimum atomic E-state index is -0.412. The van der Waals surface area contributed by atoms with E-state index in [2.05, 4.69) is 9.97 Å². The van der Waals surface area contributed by atoms with Crippen LogP contribution >= 0.6 is 0 Å². The molecule has 158 valence electrons. The Morgan fingerprint density at radius 2 is 1.47 bits per heavy atom. The molecule has 2 aromatic carbocycles. The summed E-state index contributed by atoms with van der Waals surface area (Å²) >= 11 is 0. The summed E-state index contributed by atoms with van der Waals surface area (Å²) in [6, 6.07) is 15.6. The van der Waals surface area contributed by atoms with Crippen LogP contribution in [0, 0.1) is 0 Å². The Kier molecular flexibility index (Phi) is 4.48. The molecule has 0 unspecified atom stereocenters. The zero-order chi connectivity index (χ0) is 22.4. The van der Waals surface area contributed by atoms with Crippen LogP contribution in [0.4, 0.5) is 11.6 Å². The third kappa shape index (κ3) is 3.01. The van der Waals surface area contributed by atoms with E-state index in [9.17, 15) is 9.59 Å². The molecule has 2 N–H and O–H groups in total. The van der Waals surface area contributed by atoms with Crippen molar-refractivity contribution in [1.29, 1.82) is 0 Å². The number of ether oxygens (including phenoxy) is 2. The second-order valence-electron chi connectivity index (χ2n) is 7.25. The molecule has 5 rings (SSSR count). The van der Waals surface area contributed by atoms with Gasteiger partial charge in [0.25, 0.3) is 11.8 Å². The van der Waals surface area contributed by atoms with Gasteiger partial charge in [0, 0.05) is 29.3 Å². The Morgan fingerprint density at radius 1 is 0.844 bits per heavy atom. The molecule has 32 heavy (non-hydrogen) atoms. The van der Waals surface area contributed by atoms with Crippen LogP contribution in [0.15, 0.2) is 60.8 Å². The number of amides is 2. The number of aromatic nitrogens is 2. The number of nitrogens with zero attached hydrogens (tertiary/aromatic N) is 3. The van der Waals surface area contributed by atoms with E-state index < -0.39 is 11.8 Å². The zero-order valence-corrected chi connectivity index (χ0v) is 17.3. The summed E-state index contributed by atoms with van der Waals surface area (Å²) in [4.78, 5) is 35.5. The lowest BCUT2D eigenvalue weighted by Crippen LogP contribution is -2.30. The van der Waals surface area contributed by atoms with Crippen LogP contribution in [0.5, 0.6) is 11.5 Å². The number of hydrogen-bond acceptors (Lipinski definition) is 7. The minimum absolute atomic E-state index is 0.200. The van der Waals surface area contributed by atoms with Crippen molar-refractivity contribution in [3.8, 4) is 22.6 Å². The average Bonchev–Trinajstić information content (AvgIpc) is 3.08. The number of rotatable bonds is 4. The maximum Gasteiger partial charge on any atom is 0.267 e. The first kappa shape index (κ1) is 19.5. The lowest BCUT2D eigenvalue weighted by atomic mass is 10.0. The molecule has 8 heteroatoms. The monoisotopic (exact) mass is 426 g/mol. The van der Waals surface area contributed by atoms with Crippen LogP contribution in [0.2, 0.25) is 0 Å². The molecular weight excluding hydrogens is 408 g/mol. The van der Waals surface area contributed by atoms with Gasteiger partial charge in [-0.25, -0.2) is 14.9 Å². The lowest BCUT2D eigenvalue weighted by molar-refractivity contribution is 0.0925. The van der Waals surface area contributed by atoms with Gasteiger partial charge in [-0.3, -0.25) is 9.59 Å². The van der Waals surface area contributed by atoms with Crippen molar-refractivity contribution in [2.75, 3.05) is 24.9 Å². The van der Waals surface area contributed by atoms with Crippen LogP contribution in [0.1, 0.15) is 20.7 Å². The Bertz CT molecular complexity index is 1360. The summed E-state index contributed by atoms with van der Waals surface area (Å²) in [5.74, 6) is 0.908. The van der Waals surface area contributed by atoms with E-state index in [-0.39, 0.29) is 11.6 Å². The number of benzene rings is 2. The highest BCUT2D eigenvalue weighted by molar-refractivity contribution is 6.34. The van der Waals surface area contributed by atoms with Crippen molar-refractivity contribution in [2.24, 2.45) is 0 Å². The minimum Gasteiger partial charge on any atom is -0.497 e. The van der Waals surface area contributed by atoms with E-state index in [1.807, 2.05) is 18.2 Å². The van der Waals surface area contributed by atoms with Gasteiger partial charge in [0.2, 0.25) is 0 Å². The van der Waals surface area contributed by atoms with Gasteiger partial charge in [0.1, 0.15) is 23.1 Å². The van der Waals surface area contributed by atoms with Crippen LogP contribution in [-0.2, 0) is 0 Å². The topological polar surface area (TPSA) is 108 Å². The zero-order valence-electron chi connectivity index (χ0n) is 17.3. The quantitative estimate of drug-likeness (QED) is 0.496.